The lowest BCUT2D eigenvalue weighted by atomic mass is 10.1. The Morgan fingerprint density at radius 3 is 2.03 bits per heavy atom. The van der Waals surface area contributed by atoms with Gasteiger partial charge in [0.1, 0.15) is 0 Å². The molecule has 0 unspecified atom stereocenters. The van der Waals surface area contributed by atoms with E-state index in [1.54, 1.807) is 18.4 Å². The lowest BCUT2D eigenvalue weighted by Gasteiger charge is -2.29. The number of amides is 2. The lowest BCUT2D eigenvalue weighted by molar-refractivity contribution is 0.122. The molecule has 37 heavy (non-hydrogen) atoms. The molecule has 2 aliphatic rings. The van der Waals surface area contributed by atoms with Crippen LogP contribution in [0.15, 0.2) is 58.9 Å². The summed E-state index contributed by atoms with van der Waals surface area (Å²) in [5.74, 6) is 0. The van der Waals surface area contributed by atoms with E-state index in [1.165, 1.54) is 11.4 Å². The van der Waals surface area contributed by atoms with Crippen LogP contribution in [-0.4, -0.2) is 76.8 Å². The summed E-state index contributed by atoms with van der Waals surface area (Å²) in [6.45, 7) is 7.82. The lowest BCUT2D eigenvalue weighted by Crippen LogP contribution is -2.36. The van der Waals surface area contributed by atoms with E-state index in [0.717, 1.165) is 74.4 Å². The van der Waals surface area contributed by atoms with Gasteiger partial charge in [-0.1, -0.05) is 12.1 Å². The van der Waals surface area contributed by atoms with E-state index < -0.39 is 0 Å². The van der Waals surface area contributed by atoms with Gasteiger partial charge in [-0.15, -0.1) is 11.3 Å². The first-order valence-electron chi connectivity index (χ1n) is 12.8. The first-order chi connectivity index (χ1) is 18.2. The highest BCUT2D eigenvalue weighted by Gasteiger charge is 2.14. The second-order valence-corrected chi connectivity index (χ2v) is 9.77. The van der Waals surface area contributed by atoms with Crippen LogP contribution in [-0.2, 0) is 16.0 Å². The van der Waals surface area contributed by atoms with Crippen LogP contribution in [0.3, 0.4) is 0 Å². The smallest absolute Gasteiger partial charge is 0.314 e. The van der Waals surface area contributed by atoms with E-state index >= 15 is 0 Å². The van der Waals surface area contributed by atoms with Gasteiger partial charge in [-0.2, -0.15) is 0 Å². The van der Waals surface area contributed by atoms with Crippen molar-refractivity contribution in [1.82, 2.24) is 15.2 Å². The molecule has 2 saturated heterocycles. The minimum atomic E-state index is -0.190. The maximum Gasteiger partial charge on any atom is 0.314 e. The van der Waals surface area contributed by atoms with Gasteiger partial charge in [0.2, 0.25) is 0 Å². The zero-order valence-corrected chi connectivity index (χ0v) is 22.0. The van der Waals surface area contributed by atoms with Gasteiger partial charge in [-0.3, -0.25) is 0 Å². The van der Waals surface area contributed by atoms with Crippen molar-refractivity contribution in [1.29, 1.82) is 0 Å². The van der Waals surface area contributed by atoms with Gasteiger partial charge in [-0.05, 0) is 42.0 Å². The summed E-state index contributed by atoms with van der Waals surface area (Å²) < 4.78 is 13.1. The molecule has 2 N–H and O–H groups in total. The van der Waals surface area contributed by atoms with Gasteiger partial charge in [0, 0.05) is 63.1 Å². The van der Waals surface area contributed by atoms with Crippen LogP contribution in [0.2, 0.25) is 0 Å². The summed E-state index contributed by atoms with van der Waals surface area (Å²) in [6, 6.07) is 16.9. The number of hydrogen-bond acceptors (Lipinski definition) is 7. The molecule has 2 aliphatic heterocycles. The molecule has 10 heteroatoms. The van der Waals surface area contributed by atoms with Gasteiger partial charge in [0.05, 0.1) is 37.8 Å². The number of morpholine rings is 2. The van der Waals surface area contributed by atoms with Crippen LogP contribution >= 0.6 is 11.3 Å². The Hall–Kier alpha value is -3.34. The van der Waals surface area contributed by atoms with E-state index in [1.807, 2.05) is 0 Å². The molecule has 3 aromatic rings. The highest BCUT2D eigenvalue weighted by molar-refractivity contribution is 7.07. The molecule has 2 fully saturated rings. The molecule has 9 nitrogen and oxygen atoms in total. The van der Waals surface area contributed by atoms with Gasteiger partial charge in [-0.25, -0.2) is 9.79 Å². The normalized spacial score (nSPS) is 16.6. The molecule has 2 aromatic carbocycles. The number of anilines is 2. The summed E-state index contributed by atoms with van der Waals surface area (Å²) in [7, 11) is 1.62. The molecule has 0 aliphatic carbocycles. The summed E-state index contributed by atoms with van der Waals surface area (Å²) in [6.07, 6.45) is 0. The van der Waals surface area contributed by atoms with Gasteiger partial charge in [0.25, 0.3) is 0 Å². The SMILES string of the molecule is CNC(=O)NCCn1c(-c2ccc(N3CCOCC3)cc2)csc1=Nc1ccc(N2CCOCC2)cc1. The average molecular weight is 523 g/mol. The van der Waals surface area contributed by atoms with Crippen LogP contribution in [0.5, 0.6) is 0 Å². The summed E-state index contributed by atoms with van der Waals surface area (Å²) in [5.41, 5.74) is 5.51. The van der Waals surface area contributed by atoms with Crippen molar-refractivity contribution in [3.8, 4) is 11.3 Å². The van der Waals surface area contributed by atoms with E-state index in [-0.39, 0.29) is 6.03 Å². The Labute approximate surface area is 221 Å². The molecule has 0 bridgehead atoms. The largest absolute Gasteiger partial charge is 0.378 e. The number of benzene rings is 2. The molecule has 0 saturated carbocycles. The highest BCUT2D eigenvalue weighted by Crippen LogP contribution is 2.25. The fourth-order valence-corrected chi connectivity index (χ4v) is 5.52. The average Bonchev–Trinajstić information content (AvgIpc) is 3.36. The Balaban J connectivity index is 1.40. The monoisotopic (exact) mass is 522 g/mol. The molecule has 2 amide bonds. The van der Waals surface area contributed by atoms with Crippen molar-refractivity contribution in [2.75, 3.05) is 76.0 Å². The number of carbonyl (C=O) groups excluding carboxylic acids is 1. The van der Waals surface area contributed by atoms with Crippen molar-refractivity contribution in [3.63, 3.8) is 0 Å². The number of ether oxygens (including phenoxy) is 2. The van der Waals surface area contributed by atoms with Crippen LogP contribution in [0.4, 0.5) is 21.9 Å². The van der Waals surface area contributed by atoms with Crippen LogP contribution in [0.1, 0.15) is 0 Å². The number of thiazole rings is 1. The van der Waals surface area contributed by atoms with Crippen molar-refractivity contribution < 1.29 is 14.3 Å². The molecule has 0 radical (unpaired) electrons. The van der Waals surface area contributed by atoms with Crippen molar-refractivity contribution in [2.45, 2.75) is 6.54 Å². The Morgan fingerprint density at radius 1 is 0.892 bits per heavy atom. The Bertz CT molecular complexity index is 1230. The van der Waals surface area contributed by atoms with Crippen molar-refractivity contribution in [2.24, 2.45) is 4.99 Å². The zero-order valence-electron chi connectivity index (χ0n) is 21.2. The predicted octanol–water partition coefficient (Wildman–Crippen LogP) is 3.05. The number of carbonyl (C=O) groups is 1. The number of hydrogen-bond donors (Lipinski definition) is 2. The molecule has 0 atom stereocenters. The zero-order chi connectivity index (χ0) is 25.5. The molecule has 3 heterocycles. The van der Waals surface area contributed by atoms with E-state index in [2.05, 4.69) is 78.9 Å². The number of rotatable bonds is 7. The standard InChI is InChI=1S/C27H34N6O3S/c1-28-26(34)29-10-11-33-25(21-2-6-23(7-3-21)31-12-16-35-17-13-31)20-37-27(33)30-22-4-8-24(9-5-22)32-14-18-36-19-15-32/h2-9,20H,10-19H2,1H3,(H2,28,29,34). The van der Waals surface area contributed by atoms with Gasteiger partial charge in [0.15, 0.2) is 4.80 Å². The summed E-state index contributed by atoms with van der Waals surface area (Å²) in [4.78, 5) is 22.3. The third kappa shape index (κ3) is 6.33. The van der Waals surface area contributed by atoms with E-state index in [9.17, 15) is 4.79 Å². The number of aromatic nitrogens is 1. The second-order valence-electron chi connectivity index (χ2n) is 8.93. The fourth-order valence-electron chi connectivity index (χ4n) is 4.57. The van der Waals surface area contributed by atoms with E-state index in [4.69, 9.17) is 14.5 Å². The molecular weight excluding hydrogens is 488 g/mol. The number of nitrogens with zero attached hydrogens (tertiary/aromatic N) is 4. The van der Waals surface area contributed by atoms with Crippen LogP contribution in [0, 0.1) is 0 Å². The minimum Gasteiger partial charge on any atom is -0.378 e. The second kappa shape index (κ2) is 12.3. The van der Waals surface area contributed by atoms with Crippen LogP contribution < -0.4 is 25.2 Å². The molecule has 0 spiro atoms. The topological polar surface area (TPSA) is 83.4 Å². The fraction of sp³-hybridized carbons (Fsp3) is 0.407. The number of urea groups is 1. The Kier molecular flexibility index (Phi) is 8.39. The maximum atomic E-state index is 11.7. The number of nitrogens with one attached hydrogen (secondary N) is 2. The summed E-state index contributed by atoms with van der Waals surface area (Å²) in [5, 5.41) is 7.65. The maximum absolute atomic E-state index is 11.7. The minimum absolute atomic E-state index is 0.190. The van der Waals surface area contributed by atoms with Crippen molar-refractivity contribution in [3.05, 3.63) is 58.7 Å². The first-order valence-corrected chi connectivity index (χ1v) is 13.6. The predicted molar refractivity (Wildman–Crippen MR) is 148 cm³/mol. The summed E-state index contributed by atoms with van der Waals surface area (Å²) >= 11 is 1.61. The molecule has 1 aromatic heterocycles. The third-order valence-electron chi connectivity index (χ3n) is 6.64. The van der Waals surface area contributed by atoms with Crippen LogP contribution in [0.25, 0.3) is 11.3 Å². The highest BCUT2D eigenvalue weighted by atomic mass is 32.1. The van der Waals surface area contributed by atoms with Gasteiger partial charge < -0.3 is 34.5 Å². The molecular formula is C27H34N6O3S. The third-order valence-corrected chi connectivity index (χ3v) is 7.50. The Morgan fingerprint density at radius 2 is 1.46 bits per heavy atom. The molecule has 5 rings (SSSR count). The quantitative estimate of drug-likeness (QED) is 0.499. The van der Waals surface area contributed by atoms with E-state index in [0.29, 0.717) is 13.1 Å². The van der Waals surface area contributed by atoms with Crippen molar-refractivity contribution >= 4 is 34.4 Å². The van der Waals surface area contributed by atoms with Gasteiger partial charge >= 0.3 is 6.03 Å². The first kappa shape index (κ1) is 25.3. The molecule has 196 valence electrons.